The van der Waals surface area contributed by atoms with E-state index < -0.39 is 5.97 Å². The average molecular weight is 277 g/mol. The molecule has 0 unspecified atom stereocenters. The third-order valence-electron chi connectivity index (χ3n) is 2.93. The minimum absolute atomic E-state index is 0.151. The van der Waals surface area contributed by atoms with E-state index in [2.05, 4.69) is 0 Å². The fourth-order valence-electron chi connectivity index (χ4n) is 1.99. The van der Waals surface area contributed by atoms with Gasteiger partial charge in [-0.2, -0.15) is 0 Å². The number of aryl methyl sites for hydroxylation is 1. The molecule has 98 valence electrons. The molecule has 0 spiro atoms. The van der Waals surface area contributed by atoms with Gasteiger partial charge in [0.05, 0.1) is 7.11 Å². The second-order valence-corrected chi connectivity index (χ2v) is 4.62. The highest BCUT2D eigenvalue weighted by molar-refractivity contribution is 6.30. The van der Waals surface area contributed by atoms with E-state index in [-0.39, 0.29) is 5.56 Å². The van der Waals surface area contributed by atoms with Crippen molar-refractivity contribution in [1.29, 1.82) is 0 Å². The fraction of sp³-hybridized carbons (Fsp3) is 0.133. The largest absolute Gasteiger partial charge is 0.496 e. The summed E-state index contributed by atoms with van der Waals surface area (Å²) in [5.74, 6) is -0.657. The number of aromatic carboxylic acids is 1. The maximum absolute atomic E-state index is 11.0. The van der Waals surface area contributed by atoms with Crippen LogP contribution in [0.25, 0.3) is 11.1 Å². The smallest absolute Gasteiger partial charge is 0.339 e. The SMILES string of the molecule is COc1cc(-c2ccc(Cl)cc2C)ccc1C(=O)O. The Morgan fingerprint density at radius 1 is 1.21 bits per heavy atom. The summed E-state index contributed by atoms with van der Waals surface area (Å²) in [7, 11) is 1.46. The Kier molecular flexibility index (Phi) is 3.76. The predicted molar refractivity (Wildman–Crippen MR) is 75.1 cm³/mol. The van der Waals surface area contributed by atoms with Gasteiger partial charge in [-0.3, -0.25) is 0 Å². The lowest BCUT2D eigenvalue weighted by Gasteiger charge is -2.10. The molecule has 2 aromatic rings. The van der Waals surface area contributed by atoms with Gasteiger partial charge in [-0.1, -0.05) is 23.7 Å². The van der Waals surface area contributed by atoms with Crippen LogP contribution in [0.5, 0.6) is 5.75 Å². The minimum Gasteiger partial charge on any atom is -0.496 e. The standard InChI is InChI=1S/C15H13ClO3/c1-9-7-11(16)4-6-12(9)10-3-5-13(15(17)18)14(8-10)19-2/h3-8H,1-2H3,(H,17,18). The normalized spacial score (nSPS) is 10.3. The summed E-state index contributed by atoms with van der Waals surface area (Å²) in [6, 6.07) is 10.6. The fourth-order valence-corrected chi connectivity index (χ4v) is 2.21. The predicted octanol–water partition coefficient (Wildman–Crippen LogP) is 4.02. The first-order valence-corrected chi connectivity index (χ1v) is 6.08. The van der Waals surface area contributed by atoms with Crippen LogP contribution in [0.3, 0.4) is 0 Å². The molecule has 0 saturated carbocycles. The molecule has 0 radical (unpaired) electrons. The molecule has 0 aromatic heterocycles. The second kappa shape index (κ2) is 5.33. The molecule has 0 amide bonds. The van der Waals surface area contributed by atoms with E-state index in [4.69, 9.17) is 21.4 Å². The van der Waals surface area contributed by atoms with Crippen LogP contribution >= 0.6 is 11.6 Å². The molecule has 0 saturated heterocycles. The van der Waals surface area contributed by atoms with Crippen LogP contribution in [0.15, 0.2) is 36.4 Å². The Morgan fingerprint density at radius 3 is 2.53 bits per heavy atom. The summed E-state index contributed by atoms with van der Waals surface area (Å²) in [6.45, 7) is 1.96. The monoisotopic (exact) mass is 276 g/mol. The van der Waals surface area contributed by atoms with Crippen LogP contribution in [0.4, 0.5) is 0 Å². The zero-order chi connectivity index (χ0) is 14.0. The lowest BCUT2D eigenvalue weighted by molar-refractivity contribution is 0.0693. The van der Waals surface area contributed by atoms with Crippen LogP contribution in [-0.2, 0) is 0 Å². The molecular formula is C15H13ClO3. The quantitative estimate of drug-likeness (QED) is 0.921. The Bertz CT molecular complexity index is 635. The molecule has 0 heterocycles. The first-order chi connectivity index (χ1) is 9.02. The Labute approximate surface area is 116 Å². The molecule has 0 bridgehead atoms. The molecule has 2 rings (SSSR count). The second-order valence-electron chi connectivity index (χ2n) is 4.18. The molecule has 0 atom stereocenters. The van der Waals surface area contributed by atoms with Crippen LogP contribution in [0.2, 0.25) is 5.02 Å². The average Bonchev–Trinajstić information content (AvgIpc) is 2.37. The van der Waals surface area contributed by atoms with Crippen molar-refractivity contribution in [3.05, 3.63) is 52.5 Å². The number of carboxylic acids is 1. The van der Waals surface area contributed by atoms with Crippen molar-refractivity contribution in [2.75, 3.05) is 7.11 Å². The number of carboxylic acid groups (broad SMARTS) is 1. The zero-order valence-corrected chi connectivity index (χ0v) is 11.4. The number of halogens is 1. The van der Waals surface area contributed by atoms with Gasteiger partial charge in [-0.15, -0.1) is 0 Å². The molecule has 0 aliphatic rings. The Hall–Kier alpha value is -2.00. The maximum Gasteiger partial charge on any atom is 0.339 e. The van der Waals surface area contributed by atoms with E-state index in [0.717, 1.165) is 16.7 Å². The van der Waals surface area contributed by atoms with Crippen molar-refractivity contribution in [3.63, 3.8) is 0 Å². The summed E-state index contributed by atoms with van der Waals surface area (Å²) in [4.78, 5) is 11.0. The first-order valence-electron chi connectivity index (χ1n) is 5.71. The molecule has 2 aromatic carbocycles. The molecule has 3 nitrogen and oxygen atoms in total. The summed E-state index contributed by atoms with van der Waals surface area (Å²) in [6.07, 6.45) is 0. The van der Waals surface area contributed by atoms with Crippen LogP contribution in [-0.4, -0.2) is 18.2 Å². The number of hydrogen-bond donors (Lipinski definition) is 1. The van der Waals surface area contributed by atoms with Crippen LogP contribution < -0.4 is 4.74 Å². The molecule has 4 heteroatoms. The van der Waals surface area contributed by atoms with Crippen molar-refractivity contribution in [2.24, 2.45) is 0 Å². The van der Waals surface area contributed by atoms with Gasteiger partial charge in [0.2, 0.25) is 0 Å². The molecule has 0 fully saturated rings. The Balaban J connectivity index is 2.54. The van der Waals surface area contributed by atoms with Crippen molar-refractivity contribution in [2.45, 2.75) is 6.92 Å². The molecule has 19 heavy (non-hydrogen) atoms. The molecule has 1 N–H and O–H groups in total. The third-order valence-corrected chi connectivity index (χ3v) is 3.17. The van der Waals surface area contributed by atoms with Gasteiger partial charge in [-0.25, -0.2) is 4.79 Å². The van der Waals surface area contributed by atoms with Gasteiger partial charge < -0.3 is 9.84 Å². The highest BCUT2D eigenvalue weighted by Gasteiger charge is 2.12. The summed E-state index contributed by atoms with van der Waals surface area (Å²) in [5, 5.41) is 9.73. The van der Waals surface area contributed by atoms with Crippen molar-refractivity contribution in [1.82, 2.24) is 0 Å². The van der Waals surface area contributed by atoms with Gasteiger partial charge in [0, 0.05) is 5.02 Å². The van der Waals surface area contributed by atoms with Gasteiger partial charge in [0.25, 0.3) is 0 Å². The highest BCUT2D eigenvalue weighted by Crippen LogP contribution is 2.30. The number of methoxy groups -OCH3 is 1. The minimum atomic E-state index is -1.00. The number of rotatable bonds is 3. The van der Waals surface area contributed by atoms with E-state index in [1.165, 1.54) is 7.11 Å². The van der Waals surface area contributed by atoms with E-state index in [1.54, 1.807) is 18.2 Å². The van der Waals surface area contributed by atoms with Gasteiger partial charge in [-0.05, 0) is 47.9 Å². The molecule has 0 aliphatic carbocycles. The summed E-state index contributed by atoms with van der Waals surface area (Å²) >= 11 is 5.93. The Morgan fingerprint density at radius 2 is 1.95 bits per heavy atom. The maximum atomic E-state index is 11.0. The topological polar surface area (TPSA) is 46.5 Å². The number of ether oxygens (including phenoxy) is 1. The molecular weight excluding hydrogens is 264 g/mol. The highest BCUT2D eigenvalue weighted by atomic mass is 35.5. The van der Waals surface area contributed by atoms with Crippen LogP contribution in [0.1, 0.15) is 15.9 Å². The van der Waals surface area contributed by atoms with E-state index in [9.17, 15) is 4.79 Å². The van der Waals surface area contributed by atoms with Crippen molar-refractivity contribution >= 4 is 17.6 Å². The van der Waals surface area contributed by atoms with Gasteiger partial charge in [0.15, 0.2) is 0 Å². The van der Waals surface area contributed by atoms with E-state index in [1.807, 2.05) is 25.1 Å². The zero-order valence-electron chi connectivity index (χ0n) is 10.6. The number of hydrogen-bond acceptors (Lipinski definition) is 2. The summed E-state index contributed by atoms with van der Waals surface area (Å²) in [5.41, 5.74) is 3.08. The lowest BCUT2D eigenvalue weighted by atomic mass is 9.99. The van der Waals surface area contributed by atoms with Crippen molar-refractivity contribution in [3.8, 4) is 16.9 Å². The van der Waals surface area contributed by atoms with E-state index in [0.29, 0.717) is 10.8 Å². The van der Waals surface area contributed by atoms with Gasteiger partial charge in [0.1, 0.15) is 11.3 Å². The van der Waals surface area contributed by atoms with Gasteiger partial charge >= 0.3 is 5.97 Å². The molecule has 0 aliphatic heterocycles. The lowest BCUT2D eigenvalue weighted by Crippen LogP contribution is -2.00. The number of benzene rings is 2. The van der Waals surface area contributed by atoms with Crippen molar-refractivity contribution < 1.29 is 14.6 Å². The van der Waals surface area contributed by atoms with Crippen LogP contribution in [0, 0.1) is 6.92 Å². The number of carbonyl (C=O) groups is 1. The third kappa shape index (κ3) is 2.71. The summed E-state index contributed by atoms with van der Waals surface area (Å²) < 4.78 is 5.13. The first kappa shape index (κ1) is 13.4. The van der Waals surface area contributed by atoms with E-state index >= 15 is 0 Å².